The summed E-state index contributed by atoms with van der Waals surface area (Å²) >= 11 is 1.90. The summed E-state index contributed by atoms with van der Waals surface area (Å²) in [6.45, 7) is 12.1. The first-order valence-corrected chi connectivity index (χ1v) is 9.51. The summed E-state index contributed by atoms with van der Waals surface area (Å²) in [5.74, 6) is 1.99. The predicted octanol–water partition coefficient (Wildman–Crippen LogP) is 3.23. The highest BCUT2D eigenvalue weighted by Gasteiger charge is 2.34. The van der Waals surface area contributed by atoms with Gasteiger partial charge in [0.25, 0.3) is 0 Å². The molecule has 1 amide bonds. The summed E-state index contributed by atoms with van der Waals surface area (Å²) in [7, 11) is 0. The first-order chi connectivity index (χ1) is 11.3. The zero-order valence-electron chi connectivity index (χ0n) is 15.1. The first-order valence-electron chi connectivity index (χ1n) is 8.46. The van der Waals surface area contributed by atoms with Crippen molar-refractivity contribution in [2.75, 3.05) is 24.5 Å². The van der Waals surface area contributed by atoms with Crippen molar-refractivity contribution < 1.29 is 9.53 Å². The molecule has 2 atom stereocenters. The molecule has 1 unspecified atom stereocenters. The van der Waals surface area contributed by atoms with Crippen molar-refractivity contribution in [2.45, 2.75) is 57.3 Å². The van der Waals surface area contributed by atoms with Crippen molar-refractivity contribution in [3.8, 4) is 0 Å². The van der Waals surface area contributed by atoms with Crippen molar-refractivity contribution in [3.05, 3.63) is 17.6 Å². The predicted molar refractivity (Wildman–Crippen MR) is 96.4 cm³/mol. The van der Waals surface area contributed by atoms with Gasteiger partial charge in [-0.25, -0.2) is 14.8 Å². The Labute approximate surface area is 148 Å². The van der Waals surface area contributed by atoms with E-state index in [0.29, 0.717) is 18.3 Å². The molecule has 1 fully saturated rings. The molecule has 2 aliphatic heterocycles. The van der Waals surface area contributed by atoms with Crippen LogP contribution >= 0.6 is 11.8 Å². The van der Waals surface area contributed by atoms with E-state index in [1.54, 1.807) is 11.2 Å². The lowest BCUT2D eigenvalue weighted by Crippen LogP contribution is -2.55. The molecule has 7 heteroatoms. The molecule has 3 rings (SSSR count). The van der Waals surface area contributed by atoms with Gasteiger partial charge in [0.1, 0.15) is 17.7 Å². The molecule has 2 aliphatic rings. The van der Waals surface area contributed by atoms with Gasteiger partial charge in [0.05, 0.1) is 5.69 Å². The van der Waals surface area contributed by atoms with Gasteiger partial charge < -0.3 is 14.5 Å². The molecule has 0 bridgehead atoms. The van der Waals surface area contributed by atoms with E-state index < -0.39 is 5.60 Å². The normalized spacial score (nSPS) is 24.0. The fourth-order valence-corrected chi connectivity index (χ4v) is 4.28. The Morgan fingerprint density at radius 2 is 2.04 bits per heavy atom. The van der Waals surface area contributed by atoms with Crippen LogP contribution in [0.2, 0.25) is 0 Å². The minimum atomic E-state index is -0.461. The van der Waals surface area contributed by atoms with Gasteiger partial charge in [0.2, 0.25) is 0 Å². The Bertz CT molecular complexity index is 632. The van der Waals surface area contributed by atoms with E-state index in [1.807, 2.05) is 32.5 Å². The Kier molecular flexibility index (Phi) is 4.64. The van der Waals surface area contributed by atoms with E-state index >= 15 is 0 Å². The van der Waals surface area contributed by atoms with Crippen LogP contribution in [0.3, 0.4) is 0 Å². The van der Waals surface area contributed by atoms with E-state index in [-0.39, 0.29) is 12.1 Å². The van der Waals surface area contributed by atoms with Crippen molar-refractivity contribution in [1.29, 1.82) is 0 Å². The Hall–Kier alpha value is -1.50. The van der Waals surface area contributed by atoms with Crippen LogP contribution in [-0.2, 0) is 10.5 Å². The number of carbonyl (C=O) groups excluding carboxylic acids is 1. The van der Waals surface area contributed by atoms with Gasteiger partial charge in [0, 0.05) is 42.2 Å². The number of anilines is 1. The topological polar surface area (TPSA) is 58.6 Å². The molecule has 0 N–H and O–H groups in total. The van der Waals surface area contributed by atoms with Crippen LogP contribution in [0.15, 0.2) is 6.33 Å². The van der Waals surface area contributed by atoms with Gasteiger partial charge in [-0.2, -0.15) is 0 Å². The molecule has 1 aromatic rings. The number of aromatic nitrogens is 2. The van der Waals surface area contributed by atoms with E-state index in [2.05, 4.69) is 28.7 Å². The number of ether oxygens (including phenoxy) is 1. The maximum absolute atomic E-state index is 12.3. The maximum atomic E-state index is 12.3. The SMILES string of the molecule is CC1SCc2ncnc(N3CCN(C(=O)OC(C)(C)C)C[C@@H]3C)c21. The smallest absolute Gasteiger partial charge is 0.410 e. The third-order valence-electron chi connectivity index (χ3n) is 4.37. The second-order valence-corrected chi connectivity index (χ2v) is 8.81. The van der Waals surface area contributed by atoms with Gasteiger partial charge in [-0.3, -0.25) is 0 Å². The van der Waals surface area contributed by atoms with Crippen LogP contribution in [0.25, 0.3) is 0 Å². The molecular formula is C17H26N4O2S. The Morgan fingerprint density at radius 1 is 1.29 bits per heavy atom. The van der Waals surface area contributed by atoms with Crippen LogP contribution in [0.1, 0.15) is 51.1 Å². The molecule has 0 aromatic carbocycles. The van der Waals surface area contributed by atoms with Crippen LogP contribution in [0.4, 0.5) is 10.6 Å². The maximum Gasteiger partial charge on any atom is 0.410 e. The van der Waals surface area contributed by atoms with E-state index in [4.69, 9.17) is 4.74 Å². The molecule has 1 saturated heterocycles. The number of hydrogen-bond donors (Lipinski definition) is 0. The Morgan fingerprint density at radius 3 is 2.71 bits per heavy atom. The van der Waals surface area contributed by atoms with Crippen LogP contribution in [0, 0.1) is 0 Å². The van der Waals surface area contributed by atoms with Gasteiger partial charge >= 0.3 is 6.09 Å². The van der Waals surface area contributed by atoms with Crippen LogP contribution in [0.5, 0.6) is 0 Å². The molecule has 6 nitrogen and oxygen atoms in total. The molecule has 0 aliphatic carbocycles. The fourth-order valence-electron chi connectivity index (χ4n) is 3.23. The van der Waals surface area contributed by atoms with Crippen molar-refractivity contribution in [2.24, 2.45) is 0 Å². The zero-order chi connectivity index (χ0) is 17.5. The molecule has 0 radical (unpaired) electrons. The molecule has 0 spiro atoms. The minimum absolute atomic E-state index is 0.197. The summed E-state index contributed by atoms with van der Waals surface area (Å²) in [5.41, 5.74) is 1.96. The summed E-state index contributed by atoms with van der Waals surface area (Å²) < 4.78 is 5.50. The van der Waals surface area contributed by atoms with E-state index in [9.17, 15) is 4.79 Å². The highest BCUT2D eigenvalue weighted by molar-refractivity contribution is 7.99. The standard InChI is InChI=1S/C17H26N4O2S/c1-11-8-20(16(22)23-17(3,4)5)6-7-21(11)15-14-12(2)24-9-13(14)18-10-19-15/h10-12H,6-9H2,1-5H3/t11-,12?/m0/s1. The summed E-state index contributed by atoms with van der Waals surface area (Å²) in [6.07, 6.45) is 1.44. The summed E-state index contributed by atoms with van der Waals surface area (Å²) in [4.78, 5) is 25.4. The number of hydrogen-bond acceptors (Lipinski definition) is 6. The second-order valence-electron chi connectivity index (χ2n) is 7.48. The number of thioether (sulfide) groups is 1. The zero-order valence-corrected chi connectivity index (χ0v) is 15.9. The highest BCUT2D eigenvalue weighted by Crippen LogP contribution is 2.44. The van der Waals surface area contributed by atoms with Crippen molar-refractivity contribution in [1.82, 2.24) is 14.9 Å². The van der Waals surface area contributed by atoms with Gasteiger partial charge in [-0.05, 0) is 34.6 Å². The molecular weight excluding hydrogens is 324 g/mol. The largest absolute Gasteiger partial charge is 0.444 e. The van der Waals surface area contributed by atoms with Crippen LogP contribution < -0.4 is 4.90 Å². The monoisotopic (exact) mass is 350 g/mol. The molecule has 24 heavy (non-hydrogen) atoms. The third kappa shape index (κ3) is 3.45. The number of carbonyl (C=O) groups is 1. The third-order valence-corrected chi connectivity index (χ3v) is 5.55. The van der Waals surface area contributed by atoms with E-state index in [1.165, 1.54) is 5.56 Å². The van der Waals surface area contributed by atoms with Gasteiger partial charge in [-0.15, -0.1) is 11.8 Å². The highest BCUT2D eigenvalue weighted by atomic mass is 32.2. The lowest BCUT2D eigenvalue weighted by Gasteiger charge is -2.41. The fraction of sp³-hybridized carbons (Fsp3) is 0.706. The lowest BCUT2D eigenvalue weighted by atomic mass is 10.1. The van der Waals surface area contributed by atoms with Gasteiger partial charge in [-0.1, -0.05) is 0 Å². The molecule has 0 saturated carbocycles. The lowest BCUT2D eigenvalue weighted by molar-refractivity contribution is 0.0218. The molecule has 132 valence electrons. The Balaban J connectivity index is 1.74. The van der Waals surface area contributed by atoms with Crippen LogP contribution in [-0.4, -0.2) is 52.2 Å². The van der Waals surface area contributed by atoms with Crippen molar-refractivity contribution >= 4 is 23.7 Å². The number of fused-ring (bicyclic) bond motifs is 1. The molecule has 3 heterocycles. The molecule has 1 aromatic heterocycles. The van der Waals surface area contributed by atoms with E-state index in [0.717, 1.165) is 23.8 Å². The average molecular weight is 350 g/mol. The number of rotatable bonds is 1. The summed E-state index contributed by atoms with van der Waals surface area (Å²) in [5, 5.41) is 0.423. The van der Waals surface area contributed by atoms with Crippen molar-refractivity contribution in [3.63, 3.8) is 0 Å². The second kappa shape index (κ2) is 6.43. The summed E-state index contributed by atoms with van der Waals surface area (Å²) in [6, 6.07) is 0.197. The quantitative estimate of drug-likeness (QED) is 0.775. The number of amides is 1. The van der Waals surface area contributed by atoms with Gasteiger partial charge in [0.15, 0.2) is 0 Å². The average Bonchev–Trinajstić information content (AvgIpc) is 2.87. The first kappa shape index (κ1) is 17.3. The number of piperazine rings is 1. The minimum Gasteiger partial charge on any atom is -0.444 e. The number of nitrogens with zero attached hydrogens (tertiary/aromatic N) is 4.